The summed E-state index contributed by atoms with van der Waals surface area (Å²) in [7, 11) is 0. The van der Waals surface area contributed by atoms with Gasteiger partial charge in [-0.1, -0.05) is 17.2 Å². The van der Waals surface area contributed by atoms with Gasteiger partial charge in [0.05, 0.1) is 12.5 Å². The lowest BCUT2D eigenvalue weighted by atomic mass is 9.88. The average molecular weight is 304 g/mol. The zero-order valence-corrected chi connectivity index (χ0v) is 13.0. The van der Waals surface area contributed by atoms with Crippen molar-refractivity contribution in [3.63, 3.8) is 0 Å². The fraction of sp³-hybridized carbons (Fsp3) is 0.353. The van der Waals surface area contributed by atoms with Crippen molar-refractivity contribution in [3.8, 4) is 0 Å². The van der Waals surface area contributed by atoms with E-state index in [4.69, 9.17) is 16.3 Å². The Morgan fingerprint density at radius 2 is 2.24 bits per heavy atom. The summed E-state index contributed by atoms with van der Waals surface area (Å²) in [5, 5.41) is 1.93. The third-order valence-electron chi connectivity index (χ3n) is 4.09. The summed E-state index contributed by atoms with van der Waals surface area (Å²) in [6.45, 7) is 4.17. The largest absolute Gasteiger partial charge is 0.466 e. The van der Waals surface area contributed by atoms with Gasteiger partial charge in [-0.2, -0.15) is 0 Å². The number of rotatable bonds is 3. The van der Waals surface area contributed by atoms with Crippen LogP contribution >= 0.6 is 11.6 Å². The number of aryl methyl sites for hydroxylation is 1. The fourth-order valence-electron chi connectivity index (χ4n) is 2.92. The smallest absolute Gasteiger partial charge is 0.312 e. The van der Waals surface area contributed by atoms with Gasteiger partial charge in [-0.05, 0) is 56.5 Å². The maximum Gasteiger partial charge on any atom is 0.312 e. The van der Waals surface area contributed by atoms with Crippen LogP contribution in [0.2, 0.25) is 5.02 Å². The van der Waals surface area contributed by atoms with E-state index in [9.17, 15) is 4.79 Å². The van der Waals surface area contributed by atoms with Crippen molar-refractivity contribution in [3.05, 3.63) is 40.1 Å². The molecule has 0 fully saturated rings. The molecule has 1 aliphatic rings. The molecule has 1 aromatic carbocycles. The molecule has 0 amide bonds. The summed E-state index contributed by atoms with van der Waals surface area (Å²) in [4.78, 5) is 15.3. The van der Waals surface area contributed by atoms with Crippen molar-refractivity contribution in [1.82, 2.24) is 4.98 Å². The van der Waals surface area contributed by atoms with Crippen molar-refractivity contribution in [2.45, 2.75) is 26.7 Å². The molecule has 2 aromatic rings. The van der Waals surface area contributed by atoms with Gasteiger partial charge in [0.1, 0.15) is 0 Å². The Kier molecular flexibility index (Phi) is 3.77. The van der Waals surface area contributed by atoms with Gasteiger partial charge in [-0.25, -0.2) is 0 Å². The van der Waals surface area contributed by atoms with E-state index in [1.54, 1.807) is 0 Å². The van der Waals surface area contributed by atoms with Crippen LogP contribution in [0.3, 0.4) is 0 Å². The Labute approximate surface area is 128 Å². The topological polar surface area (TPSA) is 42.1 Å². The Bertz CT molecular complexity index is 730. The second kappa shape index (κ2) is 5.57. The maximum atomic E-state index is 11.9. The number of esters is 1. The molecular formula is C17H18ClNO2. The third-order valence-corrected chi connectivity index (χ3v) is 4.33. The molecule has 4 heteroatoms. The first-order valence-electron chi connectivity index (χ1n) is 7.27. The minimum atomic E-state index is -0.187. The SMILES string of the molecule is CCOC(=O)C(C)C1=Cc2[nH]c3ccc(Cl)cc3c2CC1. The van der Waals surface area contributed by atoms with Gasteiger partial charge in [-0.3, -0.25) is 4.79 Å². The molecule has 3 nitrogen and oxygen atoms in total. The van der Waals surface area contributed by atoms with Gasteiger partial charge >= 0.3 is 5.97 Å². The Hall–Kier alpha value is -1.74. The highest BCUT2D eigenvalue weighted by molar-refractivity contribution is 6.31. The van der Waals surface area contributed by atoms with Crippen LogP contribution in [0, 0.1) is 5.92 Å². The number of ether oxygens (including phenoxy) is 1. The summed E-state index contributed by atoms with van der Waals surface area (Å²) in [5.74, 6) is -0.334. The fourth-order valence-corrected chi connectivity index (χ4v) is 3.09. The molecule has 0 saturated heterocycles. The van der Waals surface area contributed by atoms with E-state index in [-0.39, 0.29) is 11.9 Å². The summed E-state index contributed by atoms with van der Waals surface area (Å²) in [6, 6.07) is 5.88. The van der Waals surface area contributed by atoms with E-state index in [2.05, 4.69) is 11.1 Å². The second-order valence-electron chi connectivity index (χ2n) is 5.40. The highest BCUT2D eigenvalue weighted by Gasteiger charge is 2.23. The first-order chi connectivity index (χ1) is 10.1. The highest BCUT2D eigenvalue weighted by atomic mass is 35.5. The van der Waals surface area contributed by atoms with Crippen LogP contribution in [0.1, 0.15) is 31.5 Å². The van der Waals surface area contributed by atoms with Gasteiger partial charge in [0.2, 0.25) is 0 Å². The number of carbonyl (C=O) groups excluding carboxylic acids is 1. The van der Waals surface area contributed by atoms with E-state index >= 15 is 0 Å². The number of carbonyl (C=O) groups is 1. The van der Waals surface area contributed by atoms with Crippen molar-refractivity contribution in [2.24, 2.45) is 5.92 Å². The molecule has 0 bridgehead atoms. The van der Waals surface area contributed by atoms with Gasteiger partial charge in [0.25, 0.3) is 0 Å². The molecule has 1 aliphatic carbocycles. The zero-order chi connectivity index (χ0) is 15.0. The molecule has 3 rings (SSSR count). The molecule has 0 saturated carbocycles. The molecule has 1 unspecified atom stereocenters. The quantitative estimate of drug-likeness (QED) is 0.857. The van der Waals surface area contributed by atoms with Crippen molar-refractivity contribution in [2.75, 3.05) is 6.61 Å². The van der Waals surface area contributed by atoms with Gasteiger partial charge in [0, 0.05) is 21.6 Å². The van der Waals surface area contributed by atoms with Crippen LogP contribution in [0.4, 0.5) is 0 Å². The lowest BCUT2D eigenvalue weighted by molar-refractivity contribution is -0.146. The molecule has 21 heavy (non-hydrogen) atoms. The predicted molar refractivity (Wildman–Crippen MR) is 85.4 cm³/mol. The van der Waals surface area contributed by atoms with Crippen LogP contribution in [-0.4, -0.2) is 17.6 Å². The molecule has 0 radical (unpaired) electrons. The Morgan fingerprint density at radius 1 is 1.43 bits per heavy atom. The van der Waals surface area contributed by atoms with Gasteiger partial charge in [-0.15, -0.1) is 0 Å². The van der Waals surface area contributed by atoms with Crippen LogP contribution in [0.5, 0.6) is 0 Å². The highest BCUT2D eigenvalue weighted by Crippen LogP contribution is 2.34. The van der Waals surface area contributed by atoms with Gasteiger partial charge in [0.15, 0.2) is 0 Å². The van der Waals surface area contributed by atoms with Crippen molar-refractivity contribution in [1.29, 1.82) is 0 Å². The first kappa shape index (κ1) is 14.2. The third kappa shape index (κ3) is 2.58. The number of aromatic amines is 1. The summed E-state index contributed by atoms with van der Waals surface area (Å²) >= 11 is 6.08. The lowest BCUT2D eigenvalue weighted by Crippen LogP contribution is -2.18. The van der Waals surface area contributed by atoms with Crippen LogP contribution in [0.15, 0.2) is 23.8 Å². The lowest BCUT2D eigenvalue weighted by Gasteiger charge is -2.18. The molecular weight excluding hydrogens is 286 g/mol. The molecule has 110 valence electrons. The number of hydrogen-bond acceptors (Lipinski definition) is 2. The molecule has 1 heterocycles. The number of nitrogens with one attached hydrogen (secondary N) is 1. The number of hydrogen-bond donors (Lipinski definition) is 1. The van der Waals surface area contributed by atoms with Crippen LogP contribution < -0.4 is 0 Å². The Morgan fingerprint density at radius 3 is 3.00 bits per heavy atom. The predicted octanol–water partition coefficient (Wildman–Crippen LogP) is 4.35. The van der Waals surface area contributed by atoms with Crippen LogP contribution in [0.25, 0.3) is 17.0 Å². The zero-order valence-electron chi connectivity index (χ0n) is 12.2. The number of halogens is 1. The van der Waals surface area contributed by atoms with Gasteiger partial charge < -0.3 is 9.72 Å². The molecule has 1 atom stereocenters. The normalized spacial score (nSPS) is 15.5. The Balaban J connectivity index is 1.97. The summed E-state index contributed by atoms with van der Waals surface area (Å²) in [5.41, 5.74) is 4.58. The second-order valence-corrected chi connectivity index (χ2v) is 5.84. The number of H-pyrrole nitrogens is 1. The number of benzene rings is 1. The number of fused-ring (bicyclic) bond motifs is 3. The molecule has 1 aromatic heterocycles. The van der Waals surface area contributed by atoms with E-state index < -0.39 is 0 Å². The number of aromatic nitrogens is 1. The minimum Gasteiger partial charge on any atom is -0.466 e. The van der Waals surface area contributed by atoms with Crippen LogP contribution in [-0.2, 0) is 16.0 Å². The van der Waals surface area contributed by atoms with Crippen molar-refractivity contribution >= 4 is 34.5 Å². The van der Waals surface area contributed by atoms with Crippen molar-refractivity contribution < 1.29 is 9.53 Å². The van der Waals surface area contributed by atoms with E-state index in [1.807, 2.05) is 32.0 Å². The van der Waals surface area contributed by atoms with E-state index in [0.29, 0.717) is 6.61 Å². The molecule has 0 aliphatic heterocycles. The molecule has 0 spiro atoms. The first-order valence-corrected chi connectivity index (χ1v) is 7.65. The standard InChI is InChI=1S/C17H18ClNO2/c1-3-21-17(20)10(2)11-4-6-13-14-9-12(18)5-7-15(14)19-16(13)8-11/h5,7-10,19H,3-4,6H2,1-2H3. The monoisotopic (exact) mass is 303 g/mol. The van der Waals surface area contributed by atoms with E-state index in [1.165, 1.54) is 10.9 Å². The summed E-state index contributed by atoms with van der Waals surface area (Å²) in [6.07, 6.45) is 3.89. The summed E-state index contributed by atoms with van der Waals surface area (Å²) < 4.78 is 5.11. The van der Waals surface area contributed by atoms with E-state index in [0.717, 1.165) is 34.6 Å². The average Bonchev–Trinajstić information content (AvgIpc) is 2.83. The minimum absolute atomic E-state index is 0.147. The maximum absolute atomic E-state index is 11.9. The molecule has 1 N–H and O–H groups in total.